The van der Waals surface area contributed by atoms with Crippen LogP contribution in [0, 0.1) is 6.92 Å². The molecule has 8 nitrogen and oxygen atoms in total. The van der Waals surface area contributed by atoms with Gasteiger partial charge in [-0.25, -0.2) is 0 Å². The van der Waals surface area contributed by atoms with E-state index in [1.807, 2.05) is 68.4 Å². The van der Waals surface area contributed by atoms with Crippen LogP contribution < -0.4 is 5.56 Å². The number of aryl methyl sites for hydroxylation is 1. The Morgan fingerprint density at radius 3 is 2.34 bits per heavy atom. The summed E-state index contributed by atoms with van der Waals surface area (Å²) in [5.74, 6) is 0.866. The third kappa shape index (κ3) is 4.79. The minimum Gasteiger partial charge on any atom is -0.337 e. The van der Waals surface area contributed by atoms with Crippen molar-refractivity contribution in [3.8, 4) is 22.6 Å². The summed E-state index contributed by atoms with van der Waals surface area (Å²) in [5, 5.41) is 4.14. The Bertz CT molecular complexity index is 1370. The first-order valence-electron chi connectivity index (χ1n) is 11.7. The zero-order valence-electron chi connectivity index (χ0n) is 19.8. The summed E-state index contributed by atoms with van der Waals surface area (Å²) in [7, 11) is 0. The molecule has 35 heavy (non-hydrogen) atoms. The monoisotopic (exact) mass is 469 g/mol. The second-order valence-electron chi connectivity index (χ2n) is 8.81. The van der Waals surface area contributed by atoms with Crippen LogP contribution in [0.3, 0.4) is 0 Å². The molecule has 2 aromatic heterocycles. The Kier molecular flexibility index (Phi) is 6.29. The Balaban J connectivity index is 1.22. The standard InChI is InChI=1S/C27H27N5O3/c1-18-8-10-21(11-9-18)24-29-26(35-30-24)19(2)31-14-16-32(17-15-31)27(34)22-12-13-23(28-25(22)33)20-6-4-3-5-7-20/h3-13,19H,14-17H2,1-2H3,(H,28,33). The number of carbonyl (C=O) groups is 1. The number of carbonyl (C=O) groups excluding carboxylic acids is 1. The molecule has 0 aliphatic carbocycles. The van der Waals surface area contributed by atoms with Crippen LogP contribution in [0.1, 0.15) is 34.8 Å². The van der Waals surface area contributed by atoms with Crippen LogP contribution >= 0.6 is 0 Å². The molecular formula is C27H27N5O3. The number of aromatic nitrogens is 3. The average Bonchev–Trinajstić information content (AvgIpc) is 3.39. The van der Waals surface area contributed by atoms with Gasteiger partial charge in [0, 0.05) is 37.4 Å². The minimum atomic E-state index is -0.373. The molecule has 0 saturated carbocycles. The van der Waals surface area contributed by atoms with Gasteiger partial charge in [0.2, 0.25) is 11.7 Å². The van der Waals surface area contributed by atoms with E-state index in [4.69, 9.17) is 4.52 Å². The van der Waals surface area contributed by atoms with Gasteiger partial charge < -0.3 is 14.4 Å². The summed E-state index contributed by atoms with van der Waals surface area (Å²) in [4.78, 5) is 37.1. The van der Waals surface area contributed by atoms with Crippen molar-refractivity contribution in [3.05, 3.63) is 94.1 Å². The first kappa shape index (κ1) is 22.7. The highest BCUT2D eigenvalue weighted by Crippen LogP contribution is 2.24. The first-order chi connectivity index (χ1) is 17.0. The van der Waals surface area contributed by atoms with Crippen molar-refractivity contribution in [1.29, 1.82) is 0 Å². The van der Waals surface area contributed by atoms with Crippen LogP contribution in [0.25, 0.3) is 22.6 Å². The van der Waals surface area contributed by atoms with Gasteiger partial charge in [-0.2, -0.15) is 4.98 Å². The first-order valence-corrected chi connectivity index (χ1v) is 11.7. The Labute approximate surface area is 203 Å². The van der Waals surface area contributed by atoms with E-state index in [1.165, 1.54) is 5.56 Å². The number of nitrogens with one attached hydrogen (secondary N) is 1. The number of amides is 1. The van der Waals surface area contributed by atoms with Gasteiger partial charge in [0.1, 0.15) is 5.56 Å². The van der Waals surface area contributed by atoms with E-state index in [2.05, 4.69) is 20.0 Å². The molecule has 1 fully saturated rings. The number of aromatic amines is 1. The van der Waals surface area contributed by atoms with Crippen molar-refractivity contribution in [2.24, 2.45) is 0 Å². The molecule has 1 unspecified atom stereocenters. The predicted octanol–water partition coefficient (Wildman–Crippen LogP) is 3.92. The summed E-state index contributed by atoms with van der Waals surface area (Å²) in [6, 6.07) is 20.9. The summed E-state index contributed by atoms with van der Waals surface area (Å²) in [6.07, 6.45) is 0. The Morgan fingerprint density at radius 2 is 1.66 bits per heavy atom. The lowest BCUT2D eigenvalue weighted by atomic mass is 10.1. The van der Waals surface area contributed by atoms with Gasteiger partial charge in [0.05, 0.1) is 6.04 Å². The highest BCUT2D eigenvalue weighted by atomic mass is 16.5. The number of pyridine rings is 1. The molecule has 1 aliphatic rings. The molecule has 178 valence electrons. The average molecular weight is 470 g/mol. The van der Waals surface area contributed by atoms with Gasteiger partial charge >= 0.3 is 0 Å². The van der Waals surface area contributed by atoms with Crippen LogP contribution in [0.15, 0.2) is 76.0 Å². The SMILES string of the molecule is Cc1ccc(-c2noc(C(C)N3CCN(C(=O)c4ccc(-c5ccccc5)[nH]c4=O)CC3)n2)cc1. The molecule has 5 rings (SSSR count). The minimum absolute atomic E-state index is 0.0764. The zero-order valence-corrected chi connectivity index (χ0v) is 19.8. The maximum atomic E-state index is 13.0. The third-order valence-corrected chi connectivity index (χ3v) is 6.48. The van der Waals surface area contributed by atoms with Crippen molar-refractivity contribution in [2.75, 3.05) is 26.2 Å². The van der Waals surface area contributed by atoms with Gasteiger partial charge in [-0.15, -0.1) is 0 Å². The number of benzene rings is 2. The fourth-order valence-electron chi connectivity index (χ4n) is 4.29. The van der Waals surface area contributed by atoms with E-state index >= 15 is 0 Å². The molecule has 1 saturated heterocycles. The molecule has 1 atom stereocenters. The highest BCUT2D eigenvalue weighted by Gasteiger charge is 2.29. The fourth-order valence-corrected chi connectivity index (χ4v) is 4.29. The smallest absolute Gasteiger partial charge is 0.261 e. The quantitative estimate of drug-likeness (QED) is 0.476. The number of hydrogen-bond donors (Lipinski definition) is 1. The van der Waals surface area contributed by atoms with Gasteiger partial charge in [-0.05, 0) is 31.5 Å². The molecule has 4 aromatic rings. The number of nitrogens with zero attached hydrogens (tertiary/aromatic N) is 4. The van der Waals surface area contributed by atoms with Crippen LogP contribution in [0.2, 0.25) is 0 Å². The van der Waals surface area contributed by atoms with Crippen molar-refractivity contribution < 1.29 is 9.32 Å². The zero-order chi connectivity index (χ0) is 24.4. The van der Waals surface area contributed by atoms with E-state index in [1.54, 1.807) is 17.0 Å². The molecular weight excluding hydrogens is 442 g/mol. The normalized spacial score (nSPS) is 15.2. The summed E-state index contributed by atoms with van der Waals surface area (Å²) < 4.78 is 5.54. The van der Waals surface area contributed by atoms with Gasteiger partial charge in [-0.3, -0.25) is 14.5 Å². The lowest BCUT2D eigenvalue weighted by Crippen LogP contribution is -2.50. The second kappa shape index (κ2) is 9.68. The number of hydrogen-bond acceptors (Lipinski definition) is 6. The molecule has 1 aliphatic heterocycles. The van der Waals surface area contributed by atoms with Crippen LogP contribution in [-0.2, 0) is 0 Å². The molecule has 0 radical (unpaired) electrons. The highest BCUT2D eigenvalue weighted by molar-refractivity contribution is 5.94. The molecule has 0 spiro atoms. The lowest BCUT2D eigenvalue weighted by molar-refractivity contribution is 0.0550. The third-order valence-electron chi connectivity index (χ3n) is 6.48. The van der Waals surface area contributed by atoms with E-state index in [-0.39, 0.29) is 23.1 Å². The Hall–Kier alpha value is -4.04. The van der Waals surface area contributed by atoms with E-state index < -0.39 is 0 Å². The van der Waals surface area contributed by atoms with E-state index in [0.29, 0.717) is 43.6 Å². The summed E-state index contributed by atoms with van der Waals surface area (Å²) >= 11 is 0. The van der Waals surface area contributed by atoms with Crippen LogP contribution in [0.5, 0.6) is 0 Å². The van der Waals surface area contributed by atoms with Crippen molar-refractivity contribution in [1.82, 2.24) is 24.9 Å². The maximum Gasteiger partial charge on any atom is 0.261 e. The lowest BCUT2D eigenvalue weighted by Gasteiger charge is -2.36. The second-order valence-corrected chi connectivity index (χ2v) is 8.81. The predicted molar refractivity (Wildman–Crippen MR) is 133 cm³/mol. The molecule has 1 amide bonds. The van der Waals surface area contributed by atoms with Gasteiger partial charge in [-0.1, -0.05) is 65.3 Å². The number of rotatable bonds is 5. The summed E-state index contributed by atoms with van der Waals surface area (Å²) in [5.41, 5.74) is 3.46. The number of piperazine rings is 1. The fraction of sp³-hybridized carbons (Fsp3) is 0.259. The molecule has 2 aromatic carbocycles. The largest absolute Gasteiger partial charge is 0.337 e. The molecule has 8 heteroatoms. The molecule has 0 bridgehead atoms. The van der Waals surface area contributed by atoms with Crippen LogP contribution in [-0.4, -0.2) is 57.0 Å². The van der Waals surface area contributed by atoms with Crippen LogP contribution in [0.4, 0.5) is 0 Å². The van der Waals surface area contributed by atoms with E-state index in [9.17, 15) is 9.59 Å². The number of H-pyrrole nitrogens is 1. The Morgan fingerprint density at radius 1 is 0.943 bits per heavy atom. The van der Waals surface area contributed by atoms with Crippen molar-refractivity contribution >= 4 is 5.91 Å². The van der Waals surface area contributed by atoms with Gasteiger partial charge in [0.15, 0.2) is 0 Å². The summed E-state index contributed by atoms with van der Waals surface area (Å²) in [6.45, 7) is 6.39. The molecule has 1 N–H and O–H groups in total. The topological polar surface area (TPSA) is 95.3 Å². The van der Waals surface area contributed by atoms with Crippen molar-refractivity contribution in [2.45, 2.75) is 19.9 Å². The maximum absolute atomic E-state index is 13.0. The van der Waals surface area contributed by atoms with Crippen molar-refractivity contribution in [3.63, 3.8) is 0 Å². The molecule has 3 heterocycles. The van der Waals surface area contributed by atoms with Gasteiger partial charge in [0.25, 0.3) is 11.5 Å². The van der Waals surface area contributed by atoms with E-state index in [0.717, 1.165) is 11.1 Å².